The molecule has 0 spiro atoms. The molecular weight excluding hydrogens is 881 g/mol. The lowest BCUT2D eigenvalue weighted by atomic mass is 9.35. The van der Waals surface area contributed by atoms with E-state index in [-0.39, 0.29) is 47.9 Å². The van der Waals surface area contributed by atoms with Gasteiger partial charge in [-0.05, 0) is 91.9 Å². The molecule has 8 aliphatic rings. The van der Waals surface area contributed by atoms with Gasteiger partial charge >= 0.3 is 0 Å². The fourth-order valence-electron chi connectivity index (χ4n) is 14.5. The molecule has 3 aliphatic heterocycles. The lowest BCUT2D eigenvalue weighted by Crippen LogP contribution is -2.67. The van der Waals surface area contributed by atoms with E-state index in [0.29, 0.717) is 44.9 Å². The molecule has 0 aromatic carbocycles. The van der Waals surface area contributed by atoms with Gasteiger partial charge in [0, 0.05) is 22.9 Å². The minimum atomic E-state index is -1.83. The van der Waals surface area contributed by atoms with E-state index in [1.165, 1.54) is 6.92 Å². The van der Waals surface area contributed by atoms with Crippen LogP contribution in [0.4, 0.5) is 0 Å². The summed E-state index contributed by atoms with van der Waals surface area (Å²) < 4.78 is 36.0. The average molecular weight is 959 g/mol. The molecule has 3 saturated carbocycles. The van der Waals surface area contributed by atoms with Gasteiger partial charge < -0.3 is 94.8 Å². The van der Waals surface area contributed by atoms with E-state index in [1.54, 1.807) is 0 Å². The van der Waals surface area contributed by atoms with E-state index in [9.17, 15) is 66.4 Å². The van der Waals surface area contributed by atoms with Gasteiger partial charge in [0.1, 0.15) is 67.1 Å². The number of hydrogen-bond acceptors (Lipinski definition) is 19. The monoisotopic (exact) mass is 959 g/mol. The quantitative estimate of drug-likeness (QED) is 0.105. The van der Waals surface area contributed by atoms with E-state index in [0.717, 1.165) is 17.6 Å². The molecule has 0 aromatic rings. The van der Waals surface area contributed by atoms with Crippen LogP contribution in [-0.2, 0) is 28.4 Å². The van der Waals surface area contributed by atoms with E-state index in [4.69, 9.17) is 28.4 Å². The van der Waals surface area contributed by atoms with Crippen LogP contribution in [0.5, 0.6) is 0 Å². The Balaban J connectivity index is 1.06. The predicted octanol–water partition coefficient (Wildman–Crippen LogP) is -1.52. The minimum Gasteiger partial charge on any atom is -0.396 e. The summed E-state index contributed by atoms with van der Waals surface area (Å²) in [7, 11) is 0. The zero-order chi connectivity index (χ0) is 49.0. The second-order valence-electron chi connectivity index (χ2n) is 22.9. The van der Waals surface area contributed by atoms with Crippen LogP contribution in [0, 0.1) is 44.3 Å². The van der Waals surface area contributed by atoms with Crippen molar-refractivity contribution in [2.75, 3.05) is 33.0 Å². The molecule has 13 N–H and O–H groups in total. The highest BCUT2D eigenvalue weighted by Gasteiger charge is 2.69. The van der Waals surface area contributed by atoms with Crippen LogP contribution in [0.15, 0.2) is 23.3 Å². The van der Waals surface area contributed by atoms with E-state index in [1.807, 2.05) is 6.92 Å². The van der Waals surface area contributed by atoms with Crippen molar-refractivity contribution in [3.05, 3.63) is 23.3 Å². The first-order valence-corrected chi connectivity index (χ1v) is 24.3. The molecule has 6 fully saturated rings. The highest BCUT2D eigenvalue weighted by Crippen LogP contribution is 2.74. The molecule has 0 amide bonds. The van der Waals surface area contributed by atoms with Crippen LogP contribution >= 0.6 is 0 Å². The first-order chi connectivity index (χ1) is 31.4. The summed E-state index contributed by atoms with van der Waals surface area (Å²) in [6.45, 7) is 10.5. The fraction of sp³-hybridized carbons (Fsp3) is 0.917. The first-order valence-electron chi connectivity index (χ1n) is 24.3. The predicted molar refractivity (Wildman–Crippen MR) is 233 cm³/mol. The average Bonchev–Trinajstić information content (AvgIpc) is 3.30. The Morgan fingerprint density at radius 3 is 1.94 bits per heavy atom. The van der Waals surface area contributed by atoms with Gasteiger partial charge in [-0.1, -0.05) is 52.3 Å². The van der Waals surface area contributed by atoms with E-state index >= 15 is 0 Å². The summed E-state index contributed by atoms with van der Waals surface area (Å²) in [5.74, 6) is -0.121. The molecule has 67 heavy (non-hydrogen) atoms. The van der Waals surface area contributed by atoms with Gasteiger partial charge in [0.2, 0.25) is 0 Å². The van der Waals surface area contributed by atoms with Crippen LogP contribution in [0.1, 0.15) is 92.9 Å². The Kier molecular flexibility index (Phi) is 14.5. The fourth-order valence-corrected chi connectivity index (χ4v) is 14.5. The van der Waals surface area contributed by atoms with Crippen molar-refractivity contribution in [1.82, 2.24) is 0 Å². The molecule has 0 radical (unpaired) electrons. The minimum absolute atomic E-state index is 0.00136. The zero-order valence-electron chi connectivity index (χ0n) is 39.6. The third kappa shape index (κ3) is 8.06. The normalized spacial score (nSPS) is 55.6. The first kappa shape index (κ1) is 52.1. The van der Waals surface area contributed by atoms with Crippen molar-refractivity contribution in [3.8, 4) is 0 Å². The van der Waals surface area contributed by atoms with Crippen molar-refractivity contribution >= 4 is 0 Å². The van der Waals surface area contributed by atoms with Crippen molar-refractivity contribution in [2.24, 2.45) is 44.3 Å². The molecular formula is C48H78O19. The van der Waals surface area contributed by atoms with Gasteiger partial charge in [0.05, 0.1) is 44.7 Å². The number of fused-ring (bicyclic) bond motifs is 6. The van der Waals surface area contributed by atoms with Gasteiger partial charge in [0.25, 0.3) is 0 Å². The summed E-state index contributed by atoms with van der Waals surface area (Å²) in [5.41, 5.74) is -1.05. The summed E-state index contributed by atoms with van der Waals surface area (Å²) >= 11 is 0. The largest absolute Gasteiger partial charge is 0.396 e. The molecule has 0 unspecified atom stereocenters. The van der Waals surface area contributed by atoms with Crippen molar-refractivity contribution in [3.63, 3.8) is 0 Å². The second kappa shape index (κ2) is 18.6. The number of ether oxygens (including phenoxy) is 6. The zero-order valence-corrected chi connectivity index (χ0v) is 39.6. The number of rotatable bonds is 11. The molecule has 8 rings (SSSR count). The van der Waals surface area contributed by atoms with Crippen LogP contribution in [-0.4, -0.2) is 204 Å². The van der Waals surface area contributed by atoms with Crippen LogP contribution in [0.3, 0.4) is 0 Å². The van der Waals surface area contributed by atoms with E-state index < -0.39 is 134 Å². The van der Waals surface area contributed by atoms with Gasteiger partial charge in [-0.25, -0.2) is 0 Å². The SMILES string of the molecule is C[C@@H]1O[C@@H](O[C@H]2[C@H](O)[C@@H](O)[C@H](O[C@H]3CC[C@@]4(C)[C@@H](CC[C@]5(C)[C@@H]4C=CC4=C6C[C@@](C)(CO)CC[C@]6(CO)[C@@H](O)C[C@]45C)[C@]3(C)CO)O[C@@H]2CO[C@@H]2O[C@H](CO)[C@@H](O)[C@H](O)[C@H]2O)[C@H](O)[C@H](O)[C@H]1O. The molecule has 25 atom stereocenters. The lowest BCUT2D eigenvalue weighted by molar-refractivity contribution is -0.374. The lowest BCUT2D eigenvalue weighted by Gasteiger charge is -2.70. The smallest absolute Gasteiger partial charge is 0.187 e. The molecule has 19 heteroatoms. The van der Waals surface area contributed by atoms with Crippen LogP contribution in [0.25, 0.3) is 0 Å². The molecule has 384 valence electrons. The molecule has 0 bridgehead atoms. The van der Waals surface area contributed by atoms with Gasteiger partial charge in [-0.3, -0.25) is 0 Å². The summed E-state index contributed by atoms with van der Waals surface area (Å²) in [4.78, 5) is 0. The highest BCUT2D eigenvalue weighted by molar-refractivity contribution is 5.47. The maximum atomic E-state index is 12.1. The second-order valence-corrected chi connectivity index (χ2v) is 22.9. The molecule has 5 aliphatic carbocycles. The van der Waals surface area contributed by atoms with Gasteiger partial charge in [-0.2, -0.15) is 0 Å². The number of allylic oxidation sites excluding steroid dienone is 3. The third-order valence-electron chi connectivity index (χ3n) is 19.2. The summed E-state index contributed by atoms with van der Waals surface area (Å²) in [5, 5.41) is 141. The van der Waals surface area contributed by atoms with Crippen molar-refractivity contribution in [1.29, 1.82) is 0 Å². The van der Waals surface area contributed by atoms with Gasteiger partial charge in [0.15, 0.2) is 18.9 Å². The third-order valence-corrected chi connectivity index (χ3v) is 19.2. The van der Waals surface area contributed by atoms with E-state index in [2.05, 4.69) is 39.8 Å². The Labute approximate surface area is 391 Å². The summed E-state index contributed by atoms with van der Waals surface area (Å²) in [6.07, 6.45) is -16.1. The molecule has 3 heterocycles. The molecule has 0 aromatic heterocycles. The maximum absolute atomic E-state index is 12.1. The highest BCUT2D eigenvalue weighted by atomic mass is 16.8. The van der Waals surface area contributed by atoms with Gasteiger partial charge in [-0.15, -0.1) is 0 Å². The Bertz CT molecular complexity index is 1840. The number of aliphatic hydroxyl groups excluding tert-OH is 13. The van der Waals surface area contributed by atoms with Crippen LogP contribution < -0.4 is 0 Å². The Morgan fingerprint density at radius 2 is 1.28 bits per heavy atom. The maximum Gasteiger partial charge on any atom is 0.187 e. The number of hydrogen-bond donors (Lipinski definition) is 13. The molecule has 19 nitrogen and oxygen atoms in total. The van der Waals surface area contributed by atoms with Crippen molar-refractivity contribution < 1.29 is 94.8 Å². The molecule has 3 saturated heterocycles. The Morgan fingerprint density at radius 1 is 0.642 bits per heavy atom. The topological polar surface area (TPSA) is 318 Å². The summed E-state index contributed by atoms with van der Waals surface area (Å²) in [6, 6.07) is 0. The Hall–Kier alpha value is -1.28. The standard InChI is InChI=1S/C48H78O19/c1-22-31(54)33(56)37(60)41(63-22)67-39-26(18-62-40-36(59)34(57)32(55)25(17-49)64-40)65-42(38(61)35(39)58)66-30-10-11-44(3)27(45(30,4)20-51)9-12-46(5)28(44)8-7-23-24-15-43(2,19-50)13-14-48(24,21-52)29(53)16-47(23,46)6/h7-8,22,25-42,49-61H,9-21H2,1-6H3/t22-,25+,26+,27+,28+,29-,30-,31-,32+,33+,34-,35+,36+,37+,38+,39+,40+,41-,42-,43-,44-,45-,46+,47+,48+/m0/s1. The number of aliphatic hydroxyl groups is 13. The van der Waals surface area contributed by atoms with Crippen LogP contribution in [0.2, 0.25) is 0 Å². The van der Waals surface area contributed by atoms with Crippen molar-refractivity contribution in [2.45, 2.75) is 197 Å².